The molecule has 0 N–H and O–H groups in total. The maximum absolute atomic E-state index is 11.7. The highest BCUT2D eigenvalue weighted by Crippen LogP contribution is 2.23. The van der Waals surface area contributed by atoms with Crippen LogP contribution >= 0.6 is 33.9 Å². The van der Waals surface area contributed by atoms with Crippen molar-refractivity contribution in [3.63, 3.8) is 0 Å². The van der Waals surface area contributed by atoms with E-state index in [-0.39, 0.29) is 11.0 Å². The molecule has 0 fully saturated rings. The van der Waals surface area contributed by atoms with Gasteiger partial charge >= 0.3 is 0 Å². The molecule has 6 heteroatoms. The maximum Gasteiger partial charge on any atom is 0.268 e. The second kappa shape index (κ2) is 5.08. The monoisotopic (exact) mass is 375 g/mol. The smallest absolute Gasteiger partial charge is 0.268 e. The van der Waals surface area contributed by atoms with Gasteiger partial charge in [-0.25, -0.2) is 9.67 Å². The van der Waals surface area contributed by atoms with E-state index in [1.165, 1.54) is 4.68 Å². The molecule has 0 bridgehead atoms. The number of thiazole rings is 1. The third-order valence-corrected chi connectivity index (χ3v) is 3.86. The first kappa shape index (κ1) is 13.7. The first-order chi connectivity index (χ1) is 8.36. The van der Waals surface area contributed by atoms with Crippen molar-refractivity contribution < 1.29 is 0 Å². The molecule has 2 aromatic rings. The zero-order valence-corrected chi connectivity index (χ0v) is 13.4. The van der Waals surface area contributed by atoms with Crippen LogP contribution in [-0.4, -0.2) is 14.8 Å². The van der Waals surface area contributed by atoms with Crippen LogP contribution in [0.5, 0.6) is 0 Å². The second-order valence-electron chi connectivity index (χ2n) is 5.05. The topological polar surface area (TPSA) is 47.8 Å². The molecule has 0 radical (unpaired) electrons. The predicted molar refractivity (Wildman–Crippen MR) is 81.1 cm³/mol. The molecule has 0 saturated carbocycles. The van der Waals surface area contributed by atoms with E-state index in [2.05, 4.69) is 53.4 Å². The summed E-state index contributed by atoms with van der Waals surface area (Å²) >= 11 is 3.65. The van der Waals surface area contributed by atoms with Gasteiger partial charge in [-0.2, -0.15) is 5.10 Å². The summed E-state index contributed by atoms with van der Waals surface area (Å²) < 4.78 is 2.29. The summed E-state index contributed by atoms with van der Waals surface area (Å²) in [5, 5.41) is 7.07. The Kier molecular flexibility index (Phi) is 3.86. The third kappa shape index (κ3) is 3.17. The maximum atomic E-state index is 11.7. The lowest BCUT2D eigenvalue weighted by atomic mass is 9.93. The summed E-state index contributed by atoms with van der Waals surface area (Å²) in [6.45, 7) is 6.82. The second-order valence-corrected chi connectivity index (χ2v) is 7.23. The molecule has 0 saturated heterocycles. The SMILES string of the molecule is CC(C)(C)c1csc(Cn2ncc(I)cc2=O)n1. The van der Waals surface area contributed by atoms with Crippen LogP contribution in [0.1, 0.15) is 31.5 Å². The van der Waals surface area contributed by atoms with E-state index in [0.717, 1.165) is 14.3 Å². The molecule has 0 amide bonds. The Morgan fingerprint density at radius 1 is 1.44 bits per heavy atom. The van der Waals surface area contributed by atoms with Crippen LogP contribution < -0.4 is 5.56 Å². The van der Waals surface area contributed by atoms with E-state index >= 15 is 0 Å². The molecule has 0 aliphatic rings. The van der Waals surface area contributed by atoms with Gasteiger partial charge in [0.15, 0.2) is 0 Å². The number of rotatable bonds is 2. The fourth-order valence-electron chi connectivity index (χ4n) is 1.39. The lowest BCUT2D eigenvalue weighted by molar-refractivity contribution is 0.565. The summed E-state index contributed by atoms with van der Waals surface area (Å²) in [6.07, 6.45) is 1.68. The van der Waals surface area contributed by atoms with Gasteiger partial charge in [0.25, 0.3) is 5.56 Å². The Morgan fingerprint density at radius 3 is 2.72 bits per heavy atom. The average Bonchev–Trinajstić information content (AvgIpc) is 2.70. The van der Waals surface area contributed by atoms with Crippen molar-refractivity contribution in [1.29, 1.82) is 0 Å². The van der Waals surface area contributed by atoms with E-state index < -0.39 is 0 Å². The van der Waals surface area contributed by atoms with E-state index in [1.54, 1.807) is 23.6 Å². The summed E-state index contributed by atoms with van der Waals surface area (Å²) in [5.74, 6) is 0. The lowest BCUT2D eigenvalue weighted by Gasteiger charge is -2.14. The largest absolute Gasteiger partial charge is 0.268 e. The van der Waals surface area contributed by atoms with Crippen molar-refractivity contribution in [3.8, 4) is 0 Å². The molecular weight excluding hydrogens is 361 g/mol. The van der Waals surface area contributed by atoms with E-state index in [4.69, 9.17) is 0 Å². The molecular formula is C12H14IN3OS. The van der Waals surface area contributed by atoms with E-state index in [9.17, 15) is 4.79 Å². The number of hydrogen-bond donors (Lipinski definition) is 0. The Balaban J connectivity index is 2.24. The summed E-state index contributed by atoms with van der Waals surface area (Å²) in [5.41, 5.74) is 1.01. The van der Waals surface area contributed by atoms with Crippen LogP contribution in [0.4, 0.5) is 0 Å². The molecule has 0 atom stereocenters. The number of aromatic nitrogens is 3. The molecule has 2 rings (SSSR count). The van der Waals surface area contributed by atoms with Crippen molar-refractivity contribution in [1.82, 2.24) is 14.8 Å². The minimum atomic E-state index is -0.0885. The van der Waals surface area contributed by atoms with Crippen molar-refractivity contribution >= 4 is 33.9 Å². The molecule has 0 unspecified atom stereocenters. The van der Waals surface area contributed by atoms with Gasteiger partial charge in [-0.3, -0.25) is 4.79 Å². The summed E-state index contributed by atoms with van der Waals surface area (Å²) in [6, 6.07) is 1.58. The molecule has 18 heavy (non-hydrogen) atoms. The van der Waals surface area contributed by atoms with Crippen molar-refractivity contribution in [2.24, 2.45) is 0 Å². The zero-order chi connectivity index (χ0) is 13.3. The highest BCUT2D eigenvalue weighted by molar-refractivity contribution is 14.1. The predicted octanol–water partition coefficient (Wildman–Crippen LogP) is 2.65. The van der Waals surface area contributed by atoms with Gasteiger partial charge < -0.3 is 0 Å². The third-order valence-electron chi connectivity index (χ3n) is 2.44. The number of hydrogen-bond acceptors (Lipinski definition) is 4. The van der Waals surface area contributed by atoms with Crippen molar-refractivity contribution in [3.05, 3.63) is 42.3 Å². The Hall–Kier alpha value is -0.760. The van der Waals surface area contributed by atoms with Gasteiger partial charge in [-0.1, -0.05) is 20.8 Å². The van der Waals surface area contributed by atoms with Gasteiger partial charge in [-0.05, 0) is 22.6 Å². The molecule has 0 spiro atoms. The van der Waals surface area contributed by atoms with Crippen LogP contribution in [0.15, 0.2) is 22.4 Å². The minimum Gasteiger partial charge on any atom is -0.268 e. The van der Waals surface area contributed by atoms with E-state index in [1.807, 2.05) is 5.38 Å². The van der Waals surface area contributed by atoms with Crippen LogP contribution in [0.25, 0.3) is 0 Å². The van der Waals surface area contributed by atoms with E-state index in [0.29, 0.717) is 6.54 Å². The standard InChI is InChI=1S/C12H14IN3OS/c1-12(2,3)9-7-18-10(15-9)6-16-11(17)4-8(13)5-14-16/h4-5,7H,6H2,1-3H3. The first-order valence-corrected chi connectivity index (χ1v) is 7.49. The Labute approximate surface area is 123 Å². The van der Waals surface area contributed by atoms with Crippen LogP contribution in [0, 0.1) is 3.57 Å². The number of nitrogens with zero attached hydrogens (tertiary/aromatic N) is 3. The van der Waals surface area contributed by atoms with Gasteiger partial charge in [0.2, 0.25) is 0 Å². The van der Waals surface area contributed by atoms with Gasteiger partial charge in [0.05, 0.1) is 18.4 Å². The Bertz CT molecular complexity index is 612. The normalized spacial score (nSPS) is 11.8. The summed E-state index contributed by atoms with van der Waals surface area (Å²) in [4.78, 5) is 16.3. The number of halogens is 1. The van der Waals surface area contributed by atoms with Crippen molar-refractivity contribution in [2.45, 2.75) is 32.7 Å². The quantitative estimate of drug-likeness (QED) is 0.759. The molecule has 2 heterocycles. The Morgan fingerprint density at radius 2 is 2.17 bits per heavy atom. The molecule has 0 aromatic carbocycles. The van der Waals surface area contributed by atoms with Gasteiger partial charge in [0, 0.05) is 20.4 Å². The van der Waals surface area contributed by atoms with Gasteiger partial charge in [0.1, 0.15) is 5.01 Å². The molecule has 0 aliphatic heterocycles. The van der Waals surface area contributed by atoms with Crippen LogP contribution in [0.3, 0.4) is 0 Å². The van der Waals surface area contributed by atoms with Crippen LogP contribution in [0.2, 0.25) is 0 Å². The zero-order valence-electron chi connectivity index (χ0n) is 10.5. The fourth-order valence-corrected chi connectivity index (χ4v) is 2.78. The molecule has 0 aliphatic carbocycles. The fraction of sp³-hybridized carbons (Fsp3) is 0.417. The summed E-state index contributed by atoms with van der Waals surface area (Å²) in [7, 11) is 0. The highest BCUT2D eigenvalue weighted by Gasteiger charge is 2.17. The van der Waals surface area contributed by atoms with Gasteiger partial charge in [-0.15, -0.1) is 11.3 Å². The van der Waals surface area contributed by atoms with Crippen LogP contribution in [-0.2, 0) is 12.0 Å². The molecule has 2 aromatic heterocycles. The average molecular weight is 375 g/mol. The highest BCUT2D eigenvalue weighted by atomic mass is 127. The molecule has 96 valence electrons. The minimum absolute atomic E-state index is 0.0409. The van der Waals surface area contributed by atoms with Crippen molar-refractivity contribution in [2.75, 3.05) is 0 Å². The first-order valence-electron chi connectivity index (χ1n) is 5.54. The molecule has 4 nitrogen and oxygen atoms in total. The lowest BCUT2D eigenvalue weighted by Crippen LogP contribution is -2.22.